The molecule has 4 nitrogen and oxygen atoms in total. The van der Waals surface area contributed by atoms with E-state index in [4.69, 9.17) is 9.47 Å². The van der Waals surface area contributed by atoms with E-state index in [-0.39, 0.29) is 34.5 Å². The fraction of sp³-hybridized carbons (Fsp3) is 0.846. The third-order valence-corrected chi connectivity index (χ3v) is 10.3. The number of hydrogen-bond acceptors (Lipinski definition) is 4. The van der Waals surface area contributed by atoms with Crippen LogP contribution in [0.1, 0.15) is 91.9 Å². The number of cyclic esters (lactones) is 1. The summed E-state index contributed by atoms with van der Waals surface area (Å²) in [6.45, 7) is 8.75. The second-order valence-corrected chi connectivity index (χ2v) is 11.7. The van der Waals surface area contributed by atoms with Crippen LogP contribution < -0.4 is 0 Å². The maximum Gasteiger partial charge on any atom is 0.306 e. The molecule has 0 aromatic rings. The summed E-state index contributed by atoms with van der Waals surface area (Å²) in [6.07, 6.45) is 13.3. The molecule has 8 atom stereocenters. The molecule has 1 aliphatic heterocycles. The third kappa shape index (κ3) is 2.92. The van der Waals surface area contributed by atoms with E-state index < -0.39 is 0 Å². The predicted octanol–water partition coefficient (Wildman–Crippen LogP) is 5.59. The van der Waals surface area contributed by atoms with Crippen LogP contribution in [0.3, 0.4) is 0 Å². The van der Waals surface area contributed by atoms with Crippen molar-refractivity contribution in [1.29, 1.82) is 0 Å². The molecule has 0 N–H and O–H groups in total. The number of hydrogen-bond donors (Lipinski definition) is 0. The van der Waals surface area contributed by atoms with Gasteiger partial charge in [0.15, 0.2) is 0 Å². The molecule has 0 bridgehead atoms. The molecule has 4 aliphatic carbocycles. The molecule has 166 valence electrons. The summed E-state index contributed by atoms with van der Waals surface area (Å²) in [5.41, 5.74) is 1.85. The molecule has 0 radical (unpaired) electrons. The lowest BCUT2D eigenvalue weighted by atomic mass is 9.46. The van der Waals surface area contributed by atoms with Crippen molar-refractivity contribution in [2.45, 2.75) is 104 Å². The van der Waals surface area contributed by atoms with Crippen molar-refractivity contribution >= 4 is 11.9 Å². The normalized spacial score (nSPS) is 50.1. The topological polar surface area (TPSA) is 52.6 Å². The van der Waals surface area contributed by atoms with Gasteiger partial charge in [0.2, 0.25) is 0 Å². The zero-order valence-corrected chi connectivity index (χ0v) is 19.2. The summed E-state index contributed by atoms with van der Waals surface area (Å²) in [7, 11) is 0. The second-order valence-electron chi connectivity index (χ2n) is 11.7. The molecule has 5 aliphatic rings. The van der Waals surface area contributed by atoms with E-state index in [9.17, 15) is 9.59 Å². The van der Waals surface area contributed by atoms with Crippen LogP contribution in [0.4, 0.5) is 0 Å². The molecule has 0 spiro atoms. The van der Waals surface area contributed by atoms with Crippen LogP contribution in [0.5, 0.6) is 0 Å². The molecular weight excluding hydrogens is 376 g/mol. The maximum absolute atomic E-state index is 11.9. The van der Waals surface area contributed by atoms with Crippen molar-refractivity contribution in [3.63, 3.8) is 0 Å². The highest BCUT2D eigenvalue weighted by molar-refractivity contribution is 5.72. The minimum absolute atomic E-state index is 0.000489. The highest BCUT2D eigenvalue weighted by Crippen LogP contribution is 2.68. The van der Waals surface area contributed by atoms with E-state index in [0.29, 0.717) is 12.3 Å². The van der Waals surface area contributed by atoms with Crippen LogP contribution in [-0.4, -0.2) is 23.6 Å². The van der Waals surface area contributed by atoms with E-state index in [2.05, 4.69) is 26.8 Å². The van der Waals surface area contributed by atoms with E-state index in [1.54, 1.807) is 5.57 Å². The number of rotatable bonds is 2. The fourth-order valence-corrected chi connectivity index (χ4v) is 8.92. The van der Waals surface area contributed by atoms with Crippen LogP contribution >= 0.6 is 0 Å². The quantitative estimate of drug-likeness (QED) is 0.436. The lowest BCUT2D eigenvalue weighted by molar-refractivity contribution is -0.159. The summed E-state index contributed by atoms with van der Waals surface area (Å²) in [4.78, 5) is 23.4. The van der Waals surface area contributed by atoms with E-state index in [0.717, 1.165) is 43.4 Å². The van der Waals surface area contributed by atoms with Gasteiger partial charge in [0.05, 0.1) is 0 Å². The molecule has 1 saturated heterocycles. The van der Waals surface area contributed by atoms with Gasteiger partial charge in [-0.1, -0.05) is 25.5 Å². The van der Waals surface area contributed by atoms with Gasteiger partial charge in [-0.15, -0.1) is 0 Å². The first-order valence-corrected chi connectivity index (χ1v) is 12.2. The molecule has 0 amide bonds. The summed E-state index contributed by atoms with van der Waals surface area (Å²) in [5.74, 6) is 2.57. The molecule has 30 heavy (non-hydrogen) atoms. The first kappa shape index (κ1) is 20.6. The third-order valence-electron chi connectivity index (χ3n) is 10.3. The Morgan fingerprint density at radius 1 is 1.07 bits per heavy atom. The van der Waals surface area contributed by atoms with Gasteiger partial charge >= 0.3 is 11.9 Å². The molecule has 3 saturated carbocycles. The number of allylic oxidation sites excluding steroid dienone is 1. The van der Waals surface area contributed by atoms with Crippen molar-refractivity contribution in [3.8, 4) is 0 Å². The van der Waals surface area contributed by atoms with Gasteiger partial charge in [-0.25, -0.2) is 0 Å². The maximum atomic E-state index is 11.9. The number of esters is 2. The zero-order valence-electron chi connectivity index (χ0n) is 19.2. The van der Waals surface area contributed by atoms with Gasteiger partial charge in [-0.2, -0.15) is 0 Å². The second kappa shape index (κ2) is 6.84. The lowest BCUT2D eigenvalue weighted by Crippen LogP contribution is -2.53. The lowest BCUT2D eigenvalue weighted by Gasteiger charge is -2.59. The molecule has 4 heteroatoms. The fourth-order valence-electron chi connectivity index (χ4n) is 8.92. The Bertz CT molecular complexity index is 786. The Kier molecular flexibility index (Phi) is 4.69. The van der Waals surface area contributed by atoms with Crippen LogP contribution in [0.15, 0.2) is 11.6 Å². The largest absolute Gasteiger partial charge is 0.462 e. The van der Waals surface area contributed by atoms with Gasteiger partial charge in [0, 0.05) is 25.7 Å². The number of carbonyl (C=O) groups is 2. The Balaban J connectivity index is 1.39. The van der Waals surface area contributed by atoms with Crippen molar-refractivity contribution in [1.82, 2.24) is 0 Å². The number of ether oxygens (including phenoxy) is 2. The molecular formula is C26H38O4. The summed E-state index contributed by atoms with van der Waals surface area (Å²) in [6, 6.07) is 0. The summed E-state index contributed by atoms with van der Waals surface area (Å²) in [5, 5.41) is 0. The highest BCUT2D eigenvalue weighted by Gasteiger charge is 2.63. The van der Waals surface area contributed by atoms with Gasteiger partial charge in [0.25, 0.3) is 0 Å². The molecule has 0 aromatic heterocycles. The smallest absolute Gasteiger partial charge is 0.306 e. The van der Waals surface area contributed by atoms with Crippen molar-refractivity contribution in [2.24, 2.45) is 34.5 Å². The monoisotopic (exact) mass is 414 g/mol. The average Bonchev–Trinajstić information content (AvgIpc) is 3.21. The Morgan fingerprint density at radius 2 is 1.87 bits per heavy atom. The molecule has 8 unspecified atom stereocenters. The van der Waals surface area contributed by atoms with E-state index in [1.807, 2.05) is 0 Å². The highest BCUT2D eigenvalue weighted by atomic mass is 16.6. The van der Waals surface area contributed by atoms with Gasteiger partial charge in [-0.3, -0.25) is 9.59 Å². The SMILES string of the molecule is CC(=O)OC1CCC2(C)C(=CCC3C2CCC2(C)C3CCC2C2(C)CCC(=O)O2)C1. The standard InChI is InChI=1S/C26H38O4/c1-16(27)29-18-9-12-24(2)17(15-18)5-6-19-20-7-8-22(25(20,3)13-10-21(19)24)26(4)14-11-23(28)30-26/h5,18-22H,6-15H2,1-4H3. The predicted molar refractivity (Wildman–Crippen MR) is 114 cm³/mol. The number of fused-ring (bicyclic) bond motifs is 5. The van der Waals surface area contributed by atoms with Crippen molar-refractivity contribution < 1.29 is 19.1 Å². The van der Waals surface area contributed by atoms with Crippen LogP contribution in [0, 0.1) is 34.5 Å². The Labute approximate surface area is 181 Å². The van der Waals surface area contributed by atoms with Gasteiger partial charge in [0.1, 0.15) is 11.7 Å². The minimum atomic E-state index is -0.255. The van der Waals surface area contributed by atoms with Gasteiger partial charge < -0.3 is 9.47 Å². The van der Waals surface area contributed by atoms with E-state index >= 15 is 0 Å². The number of carbonyl (C=O) groups excluding carboxylic acids is 2. The van der Waals surface area contributed by atoms with Crippen LogP contribution in [0.25, 0.3) is 0 Å². The molecule has 5 rings (SSSR count). The average molecular weight is 415 g/mol. The van der Waals surface area contributed by atoms with Crippen molar-refractivity contribution in [2.75, 3.05) is 0 Å². The first-order valence-electron chi connectivity index (χ1n) is 12.2. The summed E-state index contributed by atoms with van der Waals surface area (Å²) < 4.78 is 11.5. The molecule has 0 aromatic carbocycles. The first-order chi connectivity index (χ1) is 14.2. The van der Waals surface area contributed by atoms with E-state index in [1.165, 1.54) is 39.0 Å². The zero-order chi connectivity index (χ0) is 21.3. The summed E-state index contributed by atoms with van der Waals surface area (Å²) >= 11 is 0. The molecule has 4 fully saturated rings. The van der Waals surface area contributed by atoms with Gasteiger partial charge in [-0.05, 0) is 86.9 Å². The van der Waals surface area contributed by atoms with Crippen molar-refractivity contribution in [3.05, 3.63) is 11.6 Å². The Hall–Kier alpha value is -1.32. The van der Waals surface area contributed by atoms with Crippen LogP contribution in [0.2, 0.25) is 0 Å². The molecule has 1 heterocycles. The minimum Gasteiger partial charge on any atom is -0.462 e. The Morgan fingerprint density at radius 3 is 2.57 bits per heavy atom. The van der Waals surface area contributed by atoms with Crippen LogP contribution in [-0.2, 0) is 19.1 Å².